The molecule has 1 atom stereocenters. The quantitative estimate of drug-likeness (QED) is 0.179. The van der Waals surface area contributed by atoms with Gasteiger partial charge in [-0.15, -0.1) is 0 Å². The highest BCUT2D eigenvalue weighted by atomic mass is 32.4. The lowest BCUT2D eigenvalue weighted by atomic mass is 10.1. The molecule has 39 heavy (non-hydrogen) atoms. The Morgan fingerprint density at radius 3 is 2.15 bits per heavy atom. The maximum Gasteiger partial charge on any atom is 0.146 e. The van der Waals surface area contributed by atoms with Crippen molar-refractivity contribution in [1.29, 1.82) is 0 Å². The van der Waals surface area contributed by atoms with Crippen molar-refractivity contribution in [3.05, 3.63) is 134 Å². The van der Waals surface area contributed by atoms with E-state index in [1.807, 2.05) is 24.4 Å². The van der Waals surface area contributed by atoms with Crippen LogP contribution in [0, 0.1) is 0 Å². The van der Waals surface area contributed by atoms with Gasteiger partial charge in [0, 0.05) is 39.0 Å². The summed E-state index contributed by atoms with van der Waals surface area (Å²) in [7, 11) is 0. The molecule has 0 aliphatic heterocycles. The summed E-state index contributed by atoms with van der Waals surface area (Å²) in [5.41, 5.74) is 5.10. The number of para-hydroxylation sites is 3. The van der Waals surface area contributed by atoms with Gasteiger partial charge in [-0.1, -0.05) is 115 Å². The summed E-state index contributed by atoms with van der Waals surface area (Å²) in [5.74, 6) is 0. The monoisotopic (exact) mass is 535 g/mol. The molecule has 8 rings (SSSR count). The molecule has 3 aromatic heterocycles. The zero-order chi connectivity index (χ0) is 26.0. The third-order valence-electron chi connectivity index (χ3n) is 7.67. The summed E-state index contributed by atoms with van der Waals surface area (Å²) in [5, 5.41) is 7.96. The number of aromatic nitrogens is 3. The van der Waals surface area contributed by atoms with Crippen LogP contribution in [0.3, 0.4) is 0 Å². The second-order valence-electron chi connectivity index (χ2n) is 9.81. The van der Waals surface area contributed by atoms with Crippen LogP contribution < -0.4 is 15.9 Å². The largest absolute Gasteiger partial charge is 0.292 e. The van der Waals surface area contributed by atoms with Crippen molar-refractivity contribution in [3.8, 4) is 0 Å². The maximum absolute atomic E-state index is 6.81. The van der Waals surface area contributed by atoms with E-state index >= 15 is 0 Å². The Morgan fingerprint density at radius 2 is 1.28 bits per heavy atom. The molecule has 0 aliphatic carbocycles. The Hall–Kier alpha value is -4.37. The second-order valence-corrected chi connectivity index (χ2v) is 14.2. The van der Waals surface area contributed by atoms with Crippen LogP contribution in [-0.4, -0.2) is 14.4 Å². The van der Waals surface area contributed by atoms with E-state index < -0.39 is 6.04 Å². The van der Waals surface area contributed by atoms with E-state index in [0.29, 0.717) is 0 Å². The highest BCUT2D eigenvalue weighted by Gasteiger charge is 2.29. The van der Waals surface area contributed by atoms with Gasteiger partial charge in [-0.3, -0.25) is 9.38 Å². The van der Waals surface area contributed by atoms with Crippen LogP contribution in [0.25, 0.3) is 49.3 Å². The van der Waals surface area contributed by atoms with Crippen LogP contribution >= 0.6 is 6.04 Å². The number of nitrogens with zero attached hydrogens (tertiary/aromatic N) is 3. The first-order valence-electron chi connectivity index (χ1n) is 13.0. The molecular formula is C34H22N3PS. The fraction of sp³-hybridized carbons (Fsp3) is 0. The molecule has 5 aromatic carbocycles. The maximum atomic E-state index is 6.81. The van der Waals surface area contributed by atoms with Crippen molar-refractivity contribution in [2.24, 2.45) is 0 Å². The Labute approximate surface area is 230 Å². The molecule has 0 bridgehead atoms. The van der Waals surface area contributed by atoms with E-state index in [9.17, 15) is 0 Å². The predicted octanol–water partition coefficient (Wildman–Crippen LogP) is 7.10. The summed E-state index contributed by atoms with van der Waals surface area (Å²) < 4.78 is 2.31. The van der Waals surface area contributed by atoms with Gasteiger partial charge < -0.3 is 0 Å². The fourth-order valence-corrected chi connectivity index (χ4v) is 9.72. The minimum absolute atomic E-state index is 0.956. The zero-order valence-electron chi connectivity index (χ0n) is 20.9. The molecule has 5 heteroatoms. The van der Waals surface area contributed by atoms with Crippen LogP contribution in [0.2, 0.25) is 0 Å². The van der Waals surface area contributed by atoms with Gasteiger partial charge in [0.25, 0.3) is 0 Å². The van der Waals surface area contributed by atoms with Crippen molar-refractivity contribution in [3.63, 3.8) is 0 Å². The third kappa shape index (κ3) is 3.26. The normalized spacial score (nSPS) is 13.4. The average Bonchev–Trinajstić information content (AvgIpc) is 3.41. The van der Waals surface area contributed by atoms with Crippen molar-refractivity contribution >= 4 is 83.0 Å². The fourth-order valence-electron chi connectivity index (χ4n) is 5.87. The molecule has 0 radical (unpaired) electrons. The summed E-state index contributed by atoms with van der Waals surface area (Å²) in [4.78, 5) is 10.2. The van der Waals surface area contributed by atoms with Gasteiger partial charge in [0.05, 0.1) is 22.1 Å². The van der Waals surface area contributed by atoms with E-state index in [0.717, 1.165) is 54.4 Å². The van der Waals surface area contributed by atoms with E-state index in [-0.39, 0.29) is 0 Å². The Kier molecular flexibility index (Phi) is 4.97. The first kappa shape index (κ1) is 22.6. The minimum Gasteiger partial charge on any atom is -0.292 e. The molecule has 184 valence electrons. The van der Waals surface area contributed by atoms with Gasteiger partial charge in [-0.25, -0.2) is 4.98 Å². The van der Waals surface area contributed by atoms with Crippen molar-refractivity contribution < 1.29 is 0 Å². The molecule has 3 heterocycles. The van der Waals surface area contributed by atoms with E-state index in [4.69, 9.17) is 21.8 Å². The van der Waals surface area contributed by atoms with Gasteiger partial charge in [-0.2, -0.15) is 0 Å². The van der Waals surface area contributed by atoms with Crippen LogP contribution in [0.1, 0.15) is 0 Å². The van der Waals surface area contributed by atoms with Gasteiger partial charge in [0.2, 0.25) is 0 Å². The van der Waals surface area contributed by atoms with Crippen molar-refractivity contribution in [2.45, 2.75) is 0 Å². The Balaban J connectivity index is 1.53. The highest BCUT2D eigenvalue weighted by Crippen LogP contribution is 2.45. The van der Waals surface area contributed by atoms with Gasteiger partial charge >= 0.3 is 0 Å². The topological polar surface area (TPSA) is 30.2 Å². The molecule has 0 fully saturated rings. The van der Waals surface area contributed by atoms with Crippen molar-refractivity contribution in [1.82, 2.24) is 14.4 Å². The van der Waals surface area contributed by atoms with Crippen LogP contribution in [0.5, 0.6) is 0 Å². The third-order valence-corrected chi connectivity index (χ3v) is 12.6. The van der Waals surface area contributed by atoms with Gasteiger partial charge in [0.15, 0.2) is 0 Å². The highest BCUT2D eigenvalue weighted by molar-refractivity contribution is 8.25. The van der Waals surface area contributed by atoms with Gasteiger partial charge in [0.1, 0.15) is 5.65 Å². The second kappa shape index (κ2) is 8.57. The Morgan fingerprint density at radius 1 is 0.590 bits per heavy atom. The lowest BCUT2D eigenvalue weighted by molar-refractivity contribution is 1.31. The van der Waals surface area contributed by atoms with Crippen LogP contribution in [0.15, 0.2) is 134 Å². The lowest BCUT2D eigenvalue weighted by Crippen LogP contribution is -2.26. The number of fused-ring (bicyclic) bond motifs is 9. The summed E-state index contributed by atoms with van der Waals surface area (Å²) >= 11 is 6.81. The molecule has 0 spiro atoms. The number of pyridine rings is 2. The van der Waals surface area contributed by atoms with Crippen LogP contribution in [0.4, 0.5) is 0 Å². The minimum atomic E-state index is -2.51. The molecule has 0 N–H and O–H groups in total. The molecule has 8 aromatic rings. The smallest absolute Gasteiger partial charge is 0.146 e. The molecule has 0 aliphatic rings. The first-order chi connectivity index (χ1) is 19.2. The predicted molar refractivity (Wildman–Crippen MR) is 169 cm³/mol. The molecule has 0 saturated heterocycles. The van der Waals surface area contributed by atoms with Gasteiger partial charge in [-0.05, 0) is 35.0 Å². The lowest BCUT2D eigenvalue weighted by Gasteiger charge is -2.24. The first-order valence-corrected chi connectivity index (χ1v) is 15.8. The zero-order valence-corrected chi connectivity index (χ0v) is 22.6. The number of benzene rings is 5. The number of hydrogen-bond acceptors (Lipinski definition) is 3. The van der Waals surface area contributed by atoms with E-state index in [1.54, 1.807) is 0 Å². The Bertz CT molecular complexity index is 2270. The SMILES string of the molecule is S=P(c1ccccc1)(c1cnc2ccccc2c1)c1cccc2c1nc1c3ccccc3c3ccccc3n21. The number of rotatable bonds is 3. The standard InChI is InChI=1S/C34H22N3PS/c39-38(24-12-2-1-3-13-24,25-21-23-11-4-8-17-29(23)35-22-25)32-20-10-19-31-33(32)36-34-28-16-6-5-14-26(28)27-15-7-9-18-30(27)37(31)34/h1-22H. The van der Waals surface area contributed by atoms with Crippen molar-refractivity contribution in [2.75, 3.05) is 0 Å². The summed E-state index contributed by atoms with van der Waals surface area (Å²) in [6.45, 7) is 0. The van der Waals surface area contributed by atoms with E-state index in [2.05, 4.69) is 114 Å². The van der Waals surface area contributed by atoms with Crippen LogP contribution in [-0.2, 0) is 11.8 Å². The van der Waals surface area contributed by atoms with E-state index in [1.165, 1.54) is 10.8 Å². The molecular weight excluding hydrogens is 513 g/mol. The molecule has 0 amide bonds. The number of imidazole rings is 1. The number of hydrogen-bond donors (Lipinski definition) is 0. The average molecular weight is 536 g/mol. The summed E-state index contributed by atoms with van der Waals surface area (Å²) in [6.07, 6.45) is 1.98. The molecule has 3 nitrogen and oxygen atoms in total. The molecule has 0 saturated carbocycles. The summed E-state index contributed by atoms with van der Waals surface area (Å²) in [6, 6.07) is 42.1. The molecule has 1 unspecified atom stereocenters.